The lowest BCUT2D eigenvalue weighted by atomic mass is 9.59. The van der Waals surface area contributed by atoms with Gasteiger partial charge in [-0.05, 0) is 106 Å². The van der Waals surface area contributed by atoms with Gasteiger partial charge in [0.1, 0.15) is 0 Å². The number of nitrogen functional groups attached to an aromatic ring is 1. The predicted octanol–water partition coefficient (Wildman–Crippen LogP) is 7.05. The fraction of sp³-hybridized carbons (Fsp3) is 0.424. The van der Waals surface area contributed by atoms with Crippen LogP contribution >= 0.6 is 0 Å². The molecule has 2 saturated carbocycles. The van der Waals surface area contributed by atoms with Crippen LogP contribution in [-0.2, 0) is 9.59 Å². The minimum absolute atomic E-state index is 0.182. The topological polar surface area (TPSA) is 109 Å². The molecule has 2 amide bonds. The smallest absolute Gasteiger partial charge is 0.230 e. The van der Waals surface area contributed by atoms with Crippen molar-refractivity contribution in [1.82, 2.24) is 4.98 Å². The number of rotatable bonds is 5. The number of pyridine rings is 1. The molecule has 0 spiro atoms. The SMILES string of the molecule is CNc1ccc(NC=O)cc1N.Cc1ccc(NC(=O)C2(C)CC3CC(C)CC(C3)C2)cc1.Cc1ccccn1. The third kappa shape index (κ3) is 9.11. The third-order valence-electron chi connectivity index (χ3n) is 7.83. The van der Waals surface area contributed by atoms with Gasteiger partial charge in [0.25, 0.3) is 0 Å². The van der Waals surface area contributed by atoms with Crippen LogP contribution in [0.2, 0.25) is 0 Å². The molecule has 2 atom stereocenters. The van der Waals surface area contributed by atoms with Gasteiger partial charge in [-0.15, -0.1) is 0 Å². The van der Waals surface area contributed by atoms with E-state index in [0.717, 1.165) is 47.7 Å². The molecule has 0 saturated heterocycles. The number of anilines is 4. The number of carbonyl (C=O) groups is 2. The van der Waals surface area contributed by atoms with Crippen LogP contribution in [-0.4, -0.2) is 24.3 Å². The Morgan fingerprint density at radius 2 is 1.62 bits per heavy atom. The van der Waals surface area contributed by atoms with Gasteiger partial charge >= 0.3 is 0 Å². The van der Waals surface area contributed by atoms with E-state index in [0.29, 0.717) is 17.8 Å². The number of carbonyl (C=O) groups excluding carboxylic acids is 2. The molecule has 3 aromatic rings. The lowest BCUT2D eigenvalue weighted by Gasteiger charge is -2.46. The van der Waals surface area contributed by atoms with Crippen molar-refractivity contribution in [3.63, 3.8) is 0 Å². The minimum Gasteiger partial charge on any atom is -0.397 e. The van der Waals surface area contributed by atoms with E-state index in [9.17, 15) is 9.59 Å². The molecule has 2 unspecified atom stereocenters. The Bertz CT molecular complexity index is 1210. The average Bonchev–Trinajstić information content (AvgIpc) is 2.91. The van der Waals surface area contributed by atoms with Gasteiger partial charge < -0.3 is 21.7 Å². The number of hydrogen-bond acceptors (Lipinski definition) is 5. The van der Waals surface area contributed by atoms with E-state index in [1.165, 1.54) is 24.8 Å². The van der Waals surface area contributed by atoms with Crippen molar-refractivity contribution in [1.29, 1.82) is 0 Å². The maximum absolute atomic E-state index is 12.8. The first-order chi connectivity index (χ1) is 19.1. The number of aryl methyl sites for hydroxylation is 2. The van der Waals surface area contributed by atoms with Gasteiger partial charge in [0.2, 0.25) is 12.3 Å². The number of nitrogens with two attached hydrogens (primary N) is 1. The largest absolute Gasteiger partial charge is 0.397 e. The predicted molar refractivity (Wildman–Crippen MR) is 166 cm³/mol. The Kier molecular flexibility index (Phi) is 11.1. The molecule has 2 fully saturated rings. The number of hydrogen-bond donors (Lipinski definition) is 4. The molecule has 5 N–H and O–H groups in total. The first-order valence-corrected chi connectivity index (χ1v) is 14.1. The van der Waals surface area contributed by atoms with Crippen molar-refractivity contribution < 1.29 is 9.59 Å². The Hall–Kier alpha value is -3.87. The summed E-state index contributed by atoms with van der Waals surface area (Å²) in [7, 11) is 1.79. The van der Waals surface area contributed by atoms with Crippen molar-refractivity contribution in [2.75, 3.05) is 28.7 Å². The van der Waals surface area contributed by atoms with Gasteiger partial charge in [-0.1, -0.05) is 37.6 Å². The lowest BCUT2D eigenvalue weighted by Crippen LogP contribution is -2.43. The molecule has 1 aromatic heterocycles. The monoisotopic (exact) mass is 543 g/mol. The molecular formula is C33H45N5O2. The van der Waals surface area contributed by atoms with Crippen LogP contribution in [0.3, 0.4) is 0 Å². The van der Waals surface area contributed by atoms with Gasteiger partial charge in [-0.3, -0.25) is 14.6 Å². The second-order valence-corrected chi connectivity index (χ2v) is 11.6. The van der Waals surface area contributed by atoms with E-state index in [1.54, 1.807) is 31.4 Å². The molecule has 2 bridgehead atoms. The number of nitrogens with one attached hydrogen (secondary N) is 3. The number of amides is 2. The minimum atomic E-state index is -0.182. The molecule has 214 valence electrons. The van der Waals surface area contributed by atoms with Gasteiger partial charge in [0.05, 0.1) is 11.4 Å². The molecule has 0 radical (unpaired) electrons. The molecule has 40 heavy (non-hydrogen) atoms. The van der Waals surface area contributed by atoms with E-state index in [-0.39, 0.29) is 11.3 Å². The standard InChI is InChI=1S/C19H27NO.C8H11N3O.C6H7N/c1-13-4-6-17(7-5-13)20-18(21)19(3)11-15-8-14(2)9-16(10-15)12-19;1-10-8-3-2-6(11-5-12)4-7(8)9;1-6-4-2-3-5-7-6/h4-7,14-16H,8-12H2,1-3H3,(H,20,21);2-5,10H,9H2,1H3,(H,11,12);2-5H,1H3. The number of nitrogens with zero attached hydrogens (tertiary/aromatic N) is 1. The van der Waals surface area contributed by atoms with Gasteiger partial charge in [-0.25, -0.2) is 0 Å². The highest BCUT2D eigenvalue weighted by atomic mass is 16.2. The lowest BCUT2D eigenvalue weighted by molar-refractivity contribution is -0.129. The zero-order chi connectivity index (χ0) is 29.1. The Morgan fingerprint density at radius 1 is 0.975 bits per heavy atom. The highest BCUT2D eigenvalue weighted by molar-refractivity contribution is 5.95. The summed E-state index contributed by atoms with van der Waals surface area (Å²) in [6.45, 7) is 8.58. The molecular weight excluding hydrogens is 498 g/mol. The van der Waals surface area contributed by atoms with Crippen molar-refractivity contribution in [3.8, 4) is 0 Å². The van der Waals surface area contributed by atoms with Crippen LogP contribution in [0.25, 0.3) is 0 Å². The molecule has 0 aliphatic heterocycles. The van der Waals surface area contributed by atoms with E-state index < -0.39 is 0 Å². The fourth-order valence-corrected chi connectivity index (χ4v) is 6.09. The second-order valence-electron chi connectivity index (χ2n) is 11.6. The summed E-state index contributed by atoms with van der Waals surface area (Å²) in [4.78, 5) is 26.8. The van der Waals surface area contributed by atoms with E-state index >= 15 is 0 Å². The quantitative estimate of drug-likeness (QED) is 0.204. The number of benzene rings is 2. The Morgan fingerprint density at radius 3 is 2.12 bits per heavy atom. The summed E-state index contributed by atoms with van der Waals surface area (Å²) in [5, 5.41) is 8.58. The van der Waals surface area contributed by atoms with Gasteiger partial charge in [0.15, 0.2) is 0 Å². The van der Waals surface area contributed by atoms with Crippen molar-refractivity contribution in [3.05, 3.63) is 78.1 Å². The molecule has 7 nitrogen and oxygen atoms in total. The van der Waals surface area contributed by atoms with E-state index in [4.69, 9.17) is 5.73 Å². The molecule has 1 heterocycles. The van der Waals surface area contributed by atoms with Gasteiger partial charge in [-0.2, -0.15) is 0 Å². The van der Waals surface area contributed by atoms with Crippen LogP contribution < -0.4 is 21.7 Å². The van der Waals surface area contributed by atoms with E-state index in [1.807, 2.05) is 37.3 Å². The Labute approximate surface area is 239 Å². The summed E-state index contributed by atoms with van der Waals surface area (Å²) in [5.74, 6) is 2.57. The number of fused-ring (bicyclic) bond motifs is 2. The second kappa shape index (κ2) is 14.5. The van der Waals surface area contributed by atoms with E-state index in [2.05, 4.69) is 53.8 Å². The summed E-state index contributed by atoms with van der Waals surface area (Å²) in [6.07, 6.45) is 8.49. The third-order valence-corrected chi connectivity index (χ3v) is 7.83. The maximum atomic E-state index is 12.8. The van der Waals surface area contributed by atoms with Crippen LogP contribution in [0.15, 0.2) is 66.9 Å². The van der Waals surface area contributed by atoms with Crippen molar-refractivity contribution in [2.45, 2.75) is 59.8 Å². The summed E-state index contributed by atoms with van der Waals surface area (Å²) >= 11 is 0. The summed E-state index contributed by atoms with van der Waals surface area (Å²) < 4.78 is 0. The zero-order valence-electron chi connectivity index (χ0n) is 24.5. The first-order valence-electron chi connectivity index (χ1n) is 14.1. The first kappa shape index (κ1) is 30.7. The molecule has 2 aliphatic carbocycles. The molecule has 7 heteroatoms. The van der Waals surface area contributed by atoms with Crippen LogP contribution in [0.1, 0.15) is 57.2 Å². The molecule has 5 rings (SSSR count). The number of aromatic nitrogens is 1. The van der Waals surface area contributed by atoms with Crippen LogP contribution in [0, 0.1) is 37.0 Å². The van der Waals surface area contributed by atoms with Crippen LogP contribution in [0.4, 0.5) is 22.7 Å². The normalized spacial score (nSPS) is 22.8. The van der Waals surface area contributed by atoms with Crippen LogP contribution in [0.5, 0.6) is 0 Å². The van der Waals surface area contributed by atoms with Crippen molar-refractivity contribution in [2.24, 2.45) is 23.2 Å². The summed E-state index contributed by atoms with van der Waals surface area (Å²) in [6, 6.07) is 19.2. The Balaban J connectivity index is 0.000000194. The average molecular weight is 544 g/mol. The molecule has 2 aromatic carbocycles. The summed E-state index contributed by atoms with van der Waals surface area (Å²) in [5.41, 5.74) is 10.8. The highest BCUT2D eigenvalue weighted by Crippen LogP contribution is 2.50. The fourth-order valence-electron chi connectivity index (χ4n) is 6.09. The van der Waals surface area contributed by atoms with Gasteiger partial charge in [0, 0.05) is 35.7 Å². The zero-order valence-corrected chi connectivity index (χ0v) is 24.5. The maximum Gasteiger partial charge on any atom is 0.230 e. The van der Waals surface area contributed by atoms with Crippen molar-refractivity contribution >= 4 is 35.1 Å². The highest BCUT2D eigenvalue weighted by Gasteiger charge is 2.45. The molecule has 2 aliphatic rings.